The summed E-state index contributed by atoms with van der Waals surface area (Å²) in [7, 11) is 0. The highest BCUT2D eigenvalue weighted by Gasteiger charge is 2.30. The van der Waals surface area contributed by atoms with Crippen molar-refractivity contribution in [3.05, 3.63) is 34.4 Å². The van der Waals surface area contributed by atoms with Crippen LogP contribution in [0, 0.1) is 10.1 Å². The molecule has 9 nitrogen and oxygen atoms in total. The van der Waals surface area contributed by atoms with Crippen LogP contribution in [0.3, 0.4) is 0 Å². The summed E-state index contributed by atoms with van der Waals surface area (Å²) in [5.41, 5.74) is 0.920. The number of benzene rings is 1. The molecule has 0 unspecified atom stereocenters. The third-order valence-corrected chi connectivity index (χ3v) is 5.53. The van der Waals surface area contributed by atoms with E-state index in [0.29, 0.717) is 32.7 Å². The van der Waals surface area contributed by atoms with Gasteiger partial charge >= 0.3 is 6.03 Å². The number of piperazine rings is 1. The van der Waals surface area contributed by atoms with Gasteiger partial charge < -0.3 is 19.9 Å². The van der Waals surface area contributed by atoms with Gasteiger partial charge in [-0.1, -0.05) is 0 Å². The minimum absolute atomic E-state index is 0.0373. The quantitative estimate of drug-likeness (QED) is 0.605. The number of nitrogens with zero attached hydrogens (tertiary/aromatic N) is 4. The van der Waals surface area contributed by atoms with Gasteiger partial charge in [0.05, 0.1) is 18.1 Å². The predicted molar refractivity (Wildman–Crippen MR) is 107 cm³/mol. The minimum atomic E-state index is -0.398. The lowest BCUT2D eigenvalue weighted by molar-refractivity contribution is -0.384. The van der Waals surface area contributed by atoms with Crippen molar-refractivity contribution in [2.24, 2.45) is 0 Å². The molecule has 2 fully saturated rings. The summed E-state index contributed by atoms with van der Waals surface area (Å²) in [6.45, 7) is 10.8. The summed E-state index contributed by atoms with van der Waals surface area (Å²) >= 11 is 0. The second kappa shape index (κ2) is 8.74. The normalized spacial score (nSPS) is 18.8. The fourth-order valence-corrected chi connectivity index (χ4v) is 3.64. The molecule has 2 aliphatic rings. The Morgan fingerprint density at radius 3 is 2.29 bits per heavy atom. The van der Waals surface area contributed by atoms with E-state index in [9.17, 15) is 14.9 Å². The number of carbonyl (C=O) groups is 1. The van der Waals surface area contributed by atoms with Crippen LogP contribution in [0.4, 0.5) is 16.2 Å². The van der Waals surface area contributed by atoms with E-state index in [0.717, 1.165) is 32.0 Å². The molecule has 154 valence electrons. The lowest BCUT2D eigenvalue weighted by atomic mass is 10.0. The lowest BCUT2D eigenvalue weighted by Gasteiger charge is -2.41. The third-order valence-electron chi connectivity index (χ3n) is 5.53. The monoisotopic (exact) mass is 391 g/mol. The summed E-state index contributed by atoms with van der Waals surface area (Å²) in [5, 5.41) is 13.8. The number of rotatable bonds is 5. The first kappa shape index (κ1) is 20.3. The Kier molecular flexibility index (Phi) is 6.35. The van der Waals surface area contributed by atoms with Gasteiger partial charge in [0.15, 0.2) is 0 Å². The van der Waals surface area contributed by atoms with Crippen LogP contribution < -0.4 is 10.2 Å². The largest absolute Gasteiger partial charge is 0.379 e. The standard InChI is InChI=1S/C19H29N5O4/c1-19(2,23-11-13-28-14-12-23)15-20-18(25)22-9-7-21(8-10-22)16-3-5-17(6-4-16)24(26)27/h3-6H,7-15H2,1-2H3,(H,20,25). The van der Waals surface area contributed by atoms with Crippen molar-refractivity contribution < 1.29 is 14.5 Å². The summed E-state index contributed by atoms with van der Waals surface area (Å²) in [6.07, 6.45) is 0. The summed E-state index contributed by atoms with van der Waals surface area (Å²) in [4.78, 5) is 29.3. The summed E-state index contributed by atoms with van der Waals surface area (Å²) in [6, 6.07) is 6.52. The van der Waals surface area contributed by atoms with Gasteiger partial charge in [-0.2, -0.15) is 0 Å². The molecule has 2 saturated heterocycles. The number of anilines is 1. The average Bonchev–Trinajstić information content (AvgIpc) is 2.73. The van der Waals surface area contributed by atoms with Crippen LogP contribution in [0.1, 0.15) is 13.8 Å². The Morgan fingerprint density at radius 2 is 1.71 bits per heavy atom. The Bertz CT molecular complexity index is 680. The van der Waals surface area contributed by atoms with Gasteiger partial charge in [-0.15, -0.1) is 0 Å². The van der Waals surface area contributed by atoms with Gasteiger partial charge in [-0.05, 0) is 26.0 Å². The molecule has 0 radical (unpaired) electrons. The van der Waals surface area contributed by atoms with Gasteiger partial charge in [0, 0.05) is 69.2 Å². The molecule has 1 aromatic carbocycles. The van der Waals surface area contributed by atoms with Crippen molar-refractivity contribution in [2.75, 3.05) is 63.9 Å². The van der Waals surface area contributed by atoms with E-state index in [-0.39, 0.29) is 17.3 Å². The predicted octanol–water partition coefficient (Wildman–Crippen LogP) is 1.54. The van der Waals surface area contributed by atoms with E-state index in [1.165, 1.54) is 12.1 Å². The molecule has 9 heteroatoms. The smallest absolute Gasteiger partial charge is 0.317 e. The number of carbonyl (C=O) groups excluding carboxylic acids is 1. The molecule has 0 aromatic heterocycles. The van der Waals surface area contributed by atoms with Gasteiger partial charge in [-0.3, -0.25) is 15.0 Å². The van der Waals surface area contributed by atoms with Crippen molar-refractivity contribution in [2.45, 2.75) is 19.4 Å². The van der Waals surface area contributed by atoms with Crippen LogP contribution in [0.25, 0.3) is 0 Å². The number of morpholine rings is 1. The number of nitrogens with one attached hydrogen (secondary N) is 1. The van der Waals surface area contributed by atoms with Crippen LogP contribution in [-0.2, 0) is 4.74 Å². The first-order valence-electron chi connectivity index (χ1n) is 9.72. The Hall–Kier alpha value is -2.39. The van der Waals surface area contributed by atoms with E-state index in [4.69, 9.17) is 4.74 Å². The first-order chi connectivity index (χ1) is 13.4. The highest BCUT2D eigenvalue weighted by molar-refractivity contribution is 5.74. The molecule has 1 aromatic rings. The molecule has 2 heterocycles. The van der Waals surface area contributed by atoms with Crippen molar-refractivity contribution in [1.82, 2.24) is 15.1 Å². The third kappa shape index (κ3) is 4.90. The molecule has 0 aliphatic carbocycles. The van der Waals surface area contributed by atoms with Gasteiger partial charge in [0.1, 0.15) is 0 Å². The molecule has 28 heavy (non-hydrogen) atoms. The topological polar surface area (TPSA) is 91.2 Å². The molecule has 3 rings (SSSR count). The lowest BCUT2D eigenvalue weighted by Crippen LogP contribution is -2.58. The van der Waals surface area contributed by atoms with Gasteiger partial charge in [0.25, 0.3) is 5.69 Å². The number of non-ortho nitro benzene ring substituents is 1. The molecule has 0 saturated carbocycles. The molecular formula is C19H29N5O4. The van der Waals surface area contributed by atoms with E-state index in [2.05, 4.69) is 29.0 Å². The van der Waals surface area contributed by atoms with Gasteiger partial charge in [-0.25, -0.2) is 4.79 Å². The van der Waals surface area contributed by atoms with Crippen molar-refractivity contribution in [3.8, 4) is 0 Å². The molecule has 2 aliphatic heterocycles. The summed E-state index contributed by atoms with van der Waals surface area (Å²) < 4.78 is 5.41. The van der Waals surface area contributed by atoms with Crippen molar-refractivity contribution in [1.29, 1.82) is 0 Å². The van der Waals surface area contributed by atoms with Crippen LogP contribution in [0.2, 0.25) is 0 Å². The Balaban J connectivity index is 1.46. The van der Waals surface area contributed by atoms with Crippen molar-refractivity contribution >= 4 is 17.4 Å². The van der Waals surface area contributed by atoms with E-state index in [1.54, 1.807) is 12.1 Å². The zero-order valence-electron chi connectivity index (χ0n) is 16.6. The molecule has 0 spiro atoms. The van der Waals surface area contributed by atoms with E-state index in [1.807, 2.05) is 4.90 Å². The number of hydrogen-bond donors (Lipinski definition) is 1. The Morgan fingerprint density at radius 1 is 1.11 bits per heavy atom. The molecule has 2 amide bonds. The molecule has 1 N–H and O–H groups in total. The molecule has 0 bridgehead atoms. The highest BCUT2D eigenvalue weighted by atomic mass is 16.6. The number of hydrogen-bond acceptors (Lipinski definition) is 6. The van der Waals surface area contributed by atoms with E-state index >= 15 is 0 Å². The first-order valence-corrected chi connectivity index (χ1v) is 9.72. The van der Waals surface area contributed by atoms with Crippen molar-refractivity contribution in [3.63, 3.8) is 0 Å². The fraction of sp³-hybridized carbons (Fsp3) is 0.632. The van der Waals surface area contributed by atoms with Crippen LogP contribution in [0.5, 0.6) is 0 Å². The Labute approximate surface area is 165 Å². The molecular weight excluding hydrogens is 362 g/mol. The zero-order valence-corrected chi connectivity index (χ0v) is 16.6. The summed E-state index contributed by atoms with van der Waals surface area (Å²) in [5.74, 6) is 0. The maximum atomic E-state index is 12.6. The van der Waals surface area contributed by atoms with Crippen LogP contribution >= 0.6 is 0 Å². The molecule has 0 atom stereocenters. The number of amides is 2. The fourth-order valence-electron chi connectivity index (χ4n) is 3.64. The number of nitro benzene ring substituents is 1. The number of nitro groups is 1. The second-order valence-electron chi connectivity index (χ2n) is 7.82. The average molecular weight is 391 g/mol. The van der Waals surface area contributed by atoms with Crippen LogP contribution in [0.15, 0.2) is 24.3 Å². The van der Waals surface area contributed by atoms with Gasteiger partial charge in [0.2, 0.25) is 0 Å². The zero-order chi connectivity index (χ0) is 20.1. The van der Waals surface area contributed by atoms with Crippen LogP contribution in [-0.4, -0.2) is 85.3 Å². The maximum absolute atomic E-state index is 12.6. The SMILES string of the molecule is CC(C)(CNC(=O)N1CCN(c2ccc([N+](=O)[O-])cc2)CC1)N1CCOCC1. The second-order valence-corrected chi connectivity index (χ2v) is 7.82. The van der Waals surface area contributed by atoms with E-state index < -0.39 is 4.92 Å². The number of urea groups is 1. The number of ether oxygens (including phenoxy) is 1. The maximum Gasteiger partial charge on any atom is 0.317 e. The highest BCUT2D eigenvalue weighted by Crippen LogP contribution is 2.21. The minimum Gasteiger partial charge on any atom is -0.379 e.